The van der Waals surface area contributed by atoms with Crippen molar-refractivity contribution in [3.8, 4) is 5.75 Å². The van der Waals surface area contributed by atoms with Gasteiger partial charge in [0.25, 0.3) is 5.56 Å². The van der Waals surface area contributed by atoms with Crippen molar-refractivity contribution in [2.45, 2.75) is 13.1 Å². The van der Waals surface area contributed by atoms with Gasteiger partial charge in [-0.05, 0) is 23.8 Å². The van der Waals surface area contributed by atoms with E-state index in [1.165, 1.54) is 22.9 Å². The fourth-order valence-electron chi connectivity index (χ4n) is 1.87. The average Bonchev–Trinajstić information content (AvgIpc) is 2.49. The molecule has 3 N–H and O–H groups in total. The first kappa shape index (κ1) is 14.6. The minimum absolute atomic E-state index is 0.0617. The predicted octanol–water partition coefficient (Wildman–Crippen LogP) is 0.755. The number of aromatic nitrogens is 1. The summed E-state index contributed by atoms with van der Waals surface area (Å²) in [6.07, 6.45) is 1.45. The van der Waals surface area contributed by atoms with Crippen molar-refractivity contribution in [1.29, 1.82) is 0 Å². The van der Waals surface area contributed by atoms with Gasteiger partial charge in [0.15, 0.2) is 0 Å². The van der Waals surface area contributed by atoms with Crippen molar-refractivity contribution >= 4 is 11.6 Å². The summed E-state index contributed by atoms with van der Waals surface area (Å²) in [6.45, 7) is 0.306. The zero-order chi connectivity index (χ0) is 15.2. The highest BCUT2D eigenvalue weighted by Crippen LogP contribution is 2.12. The van der Waals surface area contributed by atoms with E-state index in [0.29, 0.717) is 12.2 Å². The summed E-state index contributed by atoms with van der Waals surface area (Å²) in [4.78, 5) is 23.4. The average molecular weight is 287 g/mol. The van der Waals surface area contributed by atoms with E-state index in [-0.39, 0.29) is 18.0 Å². The maximum absolute atomic E-state index is 11.9. The lowest BCUT2D eigenvalue weighted by molar-refractivity contribution is -0.121. The minimum atomic E-state index is -0.263. The van der Waals surface area contributed by atoms with Crippen LogP contribution < -0.4 is 21.3 Å². The molecule has 0 saturated carbocycles. The molecule has 1 heterocycles. The Balaban J connectivity index is 1.95. The molecule has 1 aromatic carbocycles. The number of pyridine rings is 1. The van der Waals surface area contributed by atoms with Gasteiger partial charge in [-0.2, -0.15) is 0 Å². The Kier molecular flexibility index (Phi) is 4.61. The van der Waals surface area contributed by atoms with E-state index in [1.54, 1.807) is 7.11 Å². The Morgan fingerprint density at radius 1 is 1.33 bits per heavy atom. The summed E-state index contributed by atoms with van der Waals surface area (Å²) < 4.78 is 6.39. The van der Waals surface area contributed by atoms with Crippen LogP contribution in [0.5, 0.6) is 5.75 Å². The molecule has 0 unspecified atom stereocenters. The molecule has 0 aliphatic carbocycles. The second-order valence-electron chi connectivity index (χ2n) is 4.56. The number of nitrogens with two attached hydrogens (primary N) is 1. The molecule has 0 aliphatic heterocycles. The molecule has 0 spiro atoms. The Labute approximate surface area is 122 Å². The molecule has 1 amide bonds. The van der Waals surface area contributed by atoms with Gasteiger partial charge in [0.2, 0.25) is 5.91 Å². The third kappa shape index (κ3) is 4.10. The lowest BCUT2D eigenvalue weighted by Gasteiger charge is -2.09. The molecular weight excluding hydrogens is 270 g/mol. The third-order valence-corrected chi connectivity index (χ3v) is 2.94. The molecule has 2 rings (SSSR count). The molecular formula is C15H17N3O3. The number of nitrogen functional groups attached to an aromatic ring is 1. The van der Waals surface area contributed by atoms with Crippen LogP contribution in [0.15, 0.2) is 47.4 Å². The Morgan fingerprint density at radius 3 is 2.90 bits per heavy atom. The molecule has 2 aromatic rings. The summed E-state index contributed by atoms with van der Waals surface area (Å²) in [5.41, 5.74) is 6.69. The standard InChI is InChI=1S/C15H17N3O3/c1-21-13-4-2-3-11(7-13)8-17-14(19)10-18-9-12(16)5-6-15(18)20/h2-7,9H,8,10,16H2,1H3,(H,17,19). The number of hydrogen-bond acceptors (Lipinski definition) is 4. The molecule has 6 heteroatoms. The van der Waals surface area contributed by atoms with E-state index >= 15 is 0 Å². The van der Waals surface area contributed by atoms with Crippen LogP contribution in [0.1, 0.15) is 5.56 Å². The van der Waals surface area contributed by atoms with Crippen molar-refractivity contribution < 1.29 is 9.53 Å². The SMILES string of the molecule is COc1cccc(CNC(=O)Cn2cc(N)ccc2=O)c1. The summed E-state index contributed by atoms with van der Waals surface area (Å²) >= 11 is 0. The Bertz CT molecular complexity index is 695. The summed E-state index contributed by atoms with van der Waals surface area (Å²) in [5, 5.41) is 2.75. The zero-order valence-corrected chi connectivity index (χ0v) is 11.7. The van der Waals surface area contributed by atoms with E-state index in [0.717, 1.165) is 11.3 Å². The maximum Gasteiger partial charge on any atom is 0.251 e. The predicted molar refractivity (Wildman–Crippen MR) is 80.0 cm³/mol. The maximum atomic E-state index is 11.9. The Hall–Kier alpha value is -2.76. The number of nitrogens with zero attached hydrogens (tertiary/aromatic N) is 1. The van der Waals surface area contributed by atoms with Gasteiger partial charge in [-0.3, -0.25) is 9.59 Å². The fraction of sp³-hybridized carbons (Fsp3) is 0.200. The van der Waals surface area contributed by atoms with Gasteiger partial charge in [0.05, 0.1) is 7.11 Å². The zero-order valence-electron chi connectivity index (χ0n) is 11.7. The monoisotopic (exact) mass is 287 g/mol. The molecule has 0 radical (unpaired) electrons. The van der Waals surface area contributed by atoms with Gasteiger partial charge in [0.1, 0.15) is 12.3 Å². The molecule has 0 bridgehead atoms. The van der Waals surface area contributed by atoms with Crippen LogP contribution in [0.25, 0.3) is 0 Å². The summed E-state index contributed by atoms with van der Waals surface area (Å²) in [5.74, 6) is 0.472. The third-order valence-electron chi connectivity index (χ3n) is 2.94. The number of methoxy groups -OCH3 is 1. The number of hydrogen-bond donors (Lipinski definition) is 2. The largest absolute Gasteiger partial charge is 0.497 e. The van der Waals surface area contributed by atoms with Gasteiger partial charge < -0.3 is 20.4 Å². The first-order valence-corrected chi connectivity index (χ1v) is 6.44. The second-order valence-corrected chi connectivity index (χ2v) is 4.56. The van der Waals surface area contributed by atoms with Crippen molar-refractivity contribution in [2.75, 3.05) is 12.8 Å². The molecule has 0 fully saturated rings. The van der Waals surface area contributed by atoms with Gasteiger partial charge >= 0.3 is 0 Å². The Morgan fingerprint density at radius 2 is 2.14 bits per heavy atom. The lowest BCUT2D eigenvalue weighted by Crippen LogP contribution is -2.31. The minimum Gasteiger partial charge on any atom is -0.497 e. The van der Waals surface area contributed by atoms with E-state index in [9.17, 15) is 9.59 Å². The van der Waals surface area contributed by atoms with Crippen LogP contribution in [-0.2, 0) is 17.9 Å². The summed E-state index contributed by atoms with van der Waals surface area (Å²) in [6, 6.07) is 10.3. The fourth-order valence-corrected chi connectivity index (χ4v) is 1.87. The summed E-state index contributed by atoms with van der Waals surface area (Å²) in [7, 11) is 1.59. The number of amides is 1. The van der Waals surface area contributed by atoms with E-state index in [4.69, 9.17) is 10.5 Å². The highest BCUT2D eigenvalue weighted by Gasteiger charge is 2.05. The van der Waals surface area contributed by atoms with Gasteiger partial charge in [-0.25, -0.2) is 0 Å². The topological polar surface area (TPSA) is 86.3 Å². The first-order valence-electron chi connectivity index (χ1n) is 6.44. The number of carbonyl (C=O) groups excluding carboxylic acids is 1. The highest BCUT2D eigenvalue weighted by molar-refractivity contribution is 5.75. The van der Waals surface area contributed by atoms with Crippen LogP contribution in [0.2, 0.25) is 0 Å². The van der Waals surface area contributed by atoms with Gasteiger partial charge in [-0.1, -0.05) is 12.1 Å². The number of ether oxygens (including phenoxy) is 1. The van der Waals surface area contributed by atoms with Crippen molar-refractivity contribution in [1.82, 2.24) is 9.88 Å². The van der Waals surface area contributed by atoms with Crippen molar-refractivity contribution in [2.24, 2.45) is 0 Å². The number of anilines is 1. The lowest BCUT2D eigenvalue weighted by atomic mass is 10.2. The number of rotatable bonds is 5. The smallest absolute Gasteiger partial charge is 0.251 e. The highest BCUT2D eigenvalue weighted by atomic mass is 16.5. The molecule has 1 aromatic heterocycles. The number of carbonyl (C=O) groups is 1. The number of benzene rings is 1. The van der Waals surface area contributed by atoms with E-state index < -0.39 is 0 Å². The molecule has 0 atom stereocenters. The molecule has 110 valence electrons. The first-order chi connectivity index (χ1) is 10.1. The normalized spacial score (nSPS) is 10.1. The molecule has 0 saturated heterocycles. The van der Waals surface area contributed by atoms with E-state index in [2.05, 4.69) is 5.32 Å². The second kappa shape index (κ2) is 6.60. The van der Waals surface area contributed by atoms with E-state index in [1.807, 2.05) is 24.3 Å². The quantitative estimate of drug-likeness (QED) is 0.850. The molecule has 0 aliphatic rings. The number of nitrogens with one attached hydrogen (secondary N) is 1. The van der Waals surface area contributed by atoms with Crippen LogP contribution in [0, 0.1) is 0 Å². The van der Waals surface area contributed by atoms with Crippen LogP contribution in [0.3, 0.4) is 0 Å². The van der Waals surface area contributed by atoms with Crippen molar-refractivity contribution in [3.05, 3.63) is 58.5 Å². The molecule has 21 heavy (non-hydrogen) atoms. The van der Waals surface area contributed by atoms with Crippen LogP contribution in [0.4, 0.5) is 5.69 Å². The molecule has 6 nitrogen and oxygen atoms in total. The van der Waals surface area contributed by atoms with Crippen molar-refractivity contribution in [3.63, 3.8) is 0 Å². The van der Waals surface area contributed by atoms with Gasteiger partial charge in [-0.15, -0.1) is 0 Å². The van der Waals surface area contributed by atoms with Crippen LogP contribution >= 0.6 is 0 Å². The van der Waals surface area contributed by atoms with Gasteiger partial charge in [0, 0.05) is 24.5 Å². The van der Waals surface area contributed by atoms with Crippen LogP contribution in [-0.4, -0.2) is 17.6 Å².